The monoisotopic (exact) mass is 465 g/mol. The van der Waals surface area contributed by atoms with Crippen LogP contribution in [0, 0.1) is 39.4 Å². The van der Waals surface area contributed by atoms with Crippen molar-refractivity contribution < 1.29 is 23.9 Å². The molecule has 7 heteroatoms. The zero-order valence-corrected chi connectivity index (χ0v) is 19.5. The summed E-state index contributed by atoms with van der Waals surface area (Å²) in [5.74, 6) is -0.852. The lowest BCUT2D eigenvalue weighted by molar-refractivity contribution is -0.198. The minimum absolute atomic E-state index is 0.0193. The van der Waals surface area contributed by atoms with Crippen LogP contribution in [0.5, 0.6) is 0 Å². The van der Waals surface area contributed by atoms with Gasteiger partial charge in [0.25, 0.3) is 0 Å². The van der Waals surface area contributed by atoms with Crippen molar-refractivity contribution >= 4 is 28.9 Å². The van der Waals surface area contributed by atoms with Gasteiger partial charge in [-0.1, -0.05) is 37.6 Å². The highest BCUT2D eigenvalue weighted by Gasteiger charge is 2.74. The van der Waals surface area contributed by atoms with Crippen molar-refractivity contribution in [3.63, 3.8) is 0 Å². The van der Waals surface area contributed by atoms with Crippen LogP contribution in [-0.4, -0.2) is 37.4 Å². The molecule has 2 bridgehead atoms. The molecular formula is C26H27NO5S. The van der Waals surface area contributed by atoms with Gasteiger partial charge >= 0.3 is 5.97 Å². The summed E-state index contributed by atoms with van der Waals surface area (Å²) in [6, 6.07) is 5.59. The fraction of sp³-hybridized carbons (Fsp3) is 0.538. The van der Waals surface area contributed by atoms with E-state index in [-0.39, 0.29) is 49.0 Å². The third-order valence-corrected chi connectivity index (χ3v) is 9.43. The maximum atomic E-state index is 13.6. The summed E-state index contributed by atoms with van der Waals surface area (Å²) in [4.78, 5) is 40.0. The molecule has 2 unspecified atom stereocenters. The first kappa shape index (κ1) is 22.2. The van der Waals surface area contributed by atoms with Gasteiger partial charge in [-0.25, -0.2) is 4.79 Å². The van der Waals surface area contributed by atoms with Crippen molar-refractivity contribution in [2.75, 3.05) is 19.8 Å². The molecule has 0 aliphatic heterocycles. The highest BCUT2D eigenvalue weighted by Crippen LogP contribution is 2.73. The van der Waals surface area contributed by atoms with E-state index in [0.717, 1.165) is 24.8 Å². The van der Waals surface area contributed by atoms with E-state index < -0.39 is 16.2 Å². The number of fused-ring (bicyclic) bond motifs is 3. The van der Waals surface area contributed by atoms with E-state index in [1.54, 1.807) is 6.07 Å². The predicted molar refractivity (Wildman–Crippen MR) is 121 cm³/mol. The first-order valence-corrected chi connectivity index (χ1v) is 12.3. The summed E-state index contributed by atoms with van der Waals surface area (Å²) in [5.41, 5.74) is -0.398. The van der Waals surface area contributed by atoms with Gasteiger partial charge in [-0.2, -0.15) is 5.26 Å². The summed E-state index contributed by atoms with van der Waals surface area (Å²) >= 11 is 1.34. The average molecular weight is 466 g/mol. The lowest BCUT2D eigenvalue weighted by Crippen LogP contribution is -2.71. The minimum Gasteiger partial charge on any atom is -0.461 e. The lowest BCUT2D eigenvalue weighted by atomic mass is 9.33. The molecule has 1 aromatic heterocycles. The zero-order valence-electron chi connectivity index (χ0n) is 18.7. The topological polar surface area (TPSA) is 93.5 Å². The summed E-state index contributed by atoms with van der Waals surface area (Å²) in [6.07, 6.45) is 5.11. The molecule has 0 radical (unpaired) electrons. The number of nitrogens with zero attached hydrogens (tertiary/aromatic N) is 1. The van der Waals surface area contributed by atoms with Gasteiger partial charge in [0.1, 0.15) is 22.7 Å². The van der Waals surface area contributed by atoms with E-state index in [0.29, 0.717) is 23.5 Å². The van der Waals surface area contributed by atoms with Gasteiger partial charge in [0.15, 0.2) is 5.78 Å². The van der Waals surface area contributed by atoms with E-state index in [4.69, 9.17) is 14.7 Å². The standard InChI is InChI=1S/C26H27NO5S/c1-16-11-17-13-26(22(16)29)20(28)12-19-24(2,14-32-23(30)18-5-3-10-33-18)6-4-7-25(19,21(17)26)15-31-9-8-27/h3,5,10-11,19,21H,1,4,6-7,9,12-15H2,2H3/t19?,21?,24-,25-,26-/m0/s1. The van der Waals surface area contributed by atoms with Crippen molar-refractivity contribution in [1.82, 2.24) is 0 Å². The lowest BCUT2D eigenvalue weighted by Gasteiger charge is -2.69. The van der Waals surface area contributed by atoms with Crippen molar-refractivity contribution in [3.8, 4) is 6.07 Å². The minimum atomic E-state index is -1.03. The number of allylic oxidation sites excluding steroid dienone is 3. The Labute approximate surface area is 197 Å². The maximum absolute atomic E-state index is 13.6. The van der Waals surface area contributed by atoms with Crippen LogP contribution in [0.2, 0.25) is 0 Å². The molecule has 0 amide bonds. The molecule has 33 heavy (non-hydrogen) atoms. The normalized spacial score (nSPS) is 36.7. The highest BCUT2D eigenvalue weighted by atomic mass is 32.1. The second kappa shape index (κ2) is 7.75. The quantitative estimate of drug-likeness (QED) is 0.269. The van der Waals surface area contributed by atoms with E-state index in [2.05, 4.69) is 13.5 Å². The van der Waals surface area contributed by atoms with Crippen molar-refractivity contribution in [2.45, 2.75) is 39.0 Å². The fourth-order valence-corrected chi connectivity index (χ4v) is 7.93. The fourth-order valence-electron chi connectivity index (χ4n) is 7.32. The van der Waals surface area contributed by atoms with Crippen LogP contribution < -0.4 is 0 Å². The number of ketones is 2. The molecule has 6 rings (SSSR count). The van der Waals surface area contributed by atoms with E-state index >= 15 is 0 Å². The van der Waals surface area contributed by atoms with Crippen LogP contribution in [0.3, 0.4) is 0 Å². The third kappa shape index (κ3) is 3.04. The number of hydrogen-bond donors (Lipinski definition) is 0. The first-order chi connectivity index (χ1) is 15.8. The Balaban J connectivity index is 1.51. The Kier molecular flexibility index (Phi) is 5.22. The van der Waals surface area contributed by atoms with Crippen molar-refractivity contribution in [3.05, 3.63) is 46.2 Å². The van der Waals surface area contributed by atoms with Gasteiger partial charge in [0, 0.05) is 28.7 Å². The van der Waals surface area contributed by atoms with E-state index in [1.165, 1.54) is 11.3 Å². The maximum Gasteiger partial charge on any atom is 0.348 e. The second-order valence-corrected chi connectivity index (χ2v) is 11.2. The summed E-state index contributed by atoms with van der Waals surface area (Å²) in [5, 5.41) is 10.9. The van der Waals surface area contributed by atoms with Crippen molar-refractivity contribution in [2.24, 2.45) is 28.1 Å². The molecule has 5 aliphatic rings. The Hall–Kier alpha value is -2.56. The van der Waals surface area contributed by atoms with Crippen LogP contribution in [0.1, 0.15) is 48.7 Å². The van der Waals surface area contributed by atoms with Crippen molar-refractivity contribution in [1.29, 1.82) is 5.26 Å². The molecule has 5 atom stereocenters. The number of carbonyl (C=O) groups is 3. The number of Topliss-reactive ketones (excluding diaryl/α,β-unsaturated/α-hetero) is 2. The number of carbonyl (C=O) groups excluding carboxylic acids is 3. The average Bonchev–Trinajstić information content (AvgIpc) is 3.31. The number of esters is 1. The SMILES string of the molecule is C=C1C=C2C[C@@]3(C(=O)CC4[C@](C)(COC(=O)c5cccs5)CCC[C@@]4(COCC#N)C23)C1=O. The number of thiophene rings is 1. The predicted octanol–water partition coefficient (Wildman–Crippen LogP) is 4.28. The number of ether oxygens (including phenoxy) is 2. The van der Waals surface area contributed by atoms with Crippen LogP contribution in [0.4, 0.5) is 0 Å². The van der Waals surface area contributed by atoms with E-state index in [1.807, 2.05) is 23.6 Å². The smallest absolute Gasteiger partial charge is 0.348 e. The Bertz CT molecular complexity index is 1110. The zero-order chi connectivity index (χ0) is 23.4. The largest absolute Gasteiger partial charge is 0.461 e. The molecule has 0 saturated heterocycles. The van der Waals surface area contributed by atoms with Crippen LogP contribution in [-0.2, 0) is 19.1 Å². The second-order valence-electron chi connectivity index (χ2n) is 10.3. The molecule has 1 heterocycles. The highest BCUT2D eigenvalue weighted by molar-refractivity contribution is 7.11. The number of hydrogen-bond acceptors (Lipinski definition) is 7. The molecule has 5 aliphatic carbocycles. The van der Waals surface area contributed by atoms with Crippen LogP contribution >= 0.6 is 11.3 Å². The first-order valence-electron chi connectivity index (χ1n) is 11.4. The van der Waals surface area contributed by atoms with E-state index in [9.17, 15) is 14.4 Å². The molecule has 0 N–H and O–H groups in total. The molecule has 1 aromatic rings. The third-order valence-electron chi connectivity index (χ3n) is 8.58. The molecule has 0 aromatic carbocycles. The van der Waals surface area contributed by atoms with Gasteiger partial charge in [-0.3, -0.25) is 9.59 Å². The Morgan fingerprint density at radius 3 is 2.88 bits per heavy atom. The molecule has 6 nitrogen and oxygen atoms in total. The summed E-state index contributed by atoms with van der Waals surface area (Å²) in [6.45, 7) is 6.47. The molecule has 3 fully saturated rings. The molecular weight excluding hydrogens is 438 g/mol. The van der Waals surface area contributed by atoms with Gasteiger partial charge in [-0.05, 0) is 36.6 Å². The number of nitriles is 1. The Morgan fingerprint density at radius 1 is 1.33 bits per heavy atom. The van der Waals surface area contributed by atoms with Gasteiger partial charge < -0.3 is 9.47 Å². The van der Waals surface area contributed by atoms with Gasteiger partial charge in [-0.15, -0.1) is 11.3 Å². The summed E-state index contributed by atoms with van der Waals surface area (Å²) in [7, 11) is 0. The summed E-state index contributed by atoms with van der Waals surface area (Å²) < 4.78 is 11.6. The molecule has 1 spiro atoms. The van der Waals surface area contributed by atoms with Gasteiger partial charge in [0.05, 0.1) is 19.3 Å². The molecule has 172 valence electrons. The van der Waals surface area contributed by atoms with Gasteiger partial charge in [0.2, 0.25) is 0 Å². The Morgan fingerprint density at radius 2 is 2.15 bits per heavy atom. The van der Waals surface area contributed by atoms with Crippen LogP contribution in [0.15, 0.2) is 41.3 Å². The number of rotatable bonds is 6. The molecule has 3 saturated carbocycles. The van der Waals surface area contributed by atoms with Crippen LogP contribution in [0.25, 0.3) is 0 Å².